The minimum atomic E-state index is 0.737. The number of anilines is 1. The van der Waals surface area contributed by atoms with Gasteiger partial charge in [-0.15, -0.1) is 0 Å². The van der Waals surface area contributed by atoms with Crippen LogP contribution in [0.2, 0.25) is 0 Å². The zero-order chi connectivity index (χ0) is 13.2. The van der Waals surface area contributed by atoms with Crippen molar-refractivity contribution in [2.24, 2.45) is 7.05 Å². The van der Waals surface area contributed by atoms with E-state index in [2.05, 4.69) is 15.3 Å². The van der Waals surface area contributed by atoms with Gasteiger partial charge >= 0.3 is 0 Å². The van der Waals surface area contributed by atoms with E-state index in [0.717, 1.165) is 41.3 Å². The zero-order valence-electron chi connectivity index (χ0n) is 11.1. The number of aryl methyl sites for hydroxylation is 2. The van der Waals surface area contributed by atoms with Crippen LogP contribution in [0.5, 0.6) is 0 Å². The number of hydrogen-bond donors (Lipinski definition) is 1. The summed E-state index contributed by atoms with van der Waals surface area (Å²) in [5, 5.41) is 3.36. The summed E-state index contributed by atoms with van der Waals surface area (Å²) in [6.45, 7) is 2.77. The van der Waals surface area contributed by atoms with E-state index < -0.39 is 0 Å². The highest BCUT2D eigenvalue weighted by atomic mass is 16.3. The van der Waals surface area contributed by atoms with Gasteiger partial charge in [0.2, 0.25) is 0 Å². The molecule has 0 aliphatic rings. The topological polar surface area (TPSA) is 55.9 Å². The molecular formula is C14H16N4O. The van der Waals surface area contributed by atoms with Crippen molar-refractivity contribution in [1.82, 2.24) is 14.5 Å². The highest BCUT2D eigenvalue weighted by Crippen LogP contribution is 2.20. The molecule has 5 nitrogen and oxygen atoms in total. The second kappa shape index (κ2) is 4.76. The van der Waals surface area contributed by atoms with Gasteiger partial charge in [0.05, 0.1) is 18.6 Å². The van der Waals surface area contributed by atoms with E-state index in [1.54, 1.807) is 6.33 Å². The van der Waals surface area contributed by atoms with E-state index in [-0.39, 0.29) is 0 Å². The number of oxazole rings is 1. The molecule has 3 rings (SSSR count). The third-order valence-electron chi connectivity index (χ3n) is 3.12. The second-order valence-electron chi connectivity index (χ2n) is 4.49. The molecule has 0 atom stereocenters. The van der Waals surface area contributed by atoms with Crippen LogP contribution in [0.25, 0.3) is 11.1 Å². The monoisotopic (exact) mass is 256 g/mol. The highest BCUT2D eigenvalue weighted by Gasteiger charge is 2.05. The van der Waals surface area contributed by atoms with E-state index in [4.69, 9.17) is 4.42 Å². The fourth-order valence-corrected chi connectivity index (χ4v) is 1.98. The Bertz CT molecular complexity index is 698. The molecule has 19 heavy (non-hydrogen) atoms. The molecule has 0 aliphatic heterocycles. The molecule has 0 fully saturated rings. The summed E-state index contributed by atoms with van der Waals surface area (Å²) in [6.07, 6.45) is 4.47. The molecule has 3 aromatic rings. The Morgan fingerprint density at radius 2 is 2.26 bits per heavy atom. The number of nitrogens with one attached hydrogen (secondary N) is 1. The molecule has 0 spiro atoms. The molecule has 0 saturated heterocycles. The number of fused-ring (bicyclic) bond motifs is 1. The summed E-state index contributed by atoms with van der Waals surface area (Å²) in [5.74, 6) is 0.777. The zero-order valence-corrected chi connectivity index (χ0v) is 11.1. The first-order chi connectivity index (χ1) is 9.26. The van der Waals surface area contributed by atoms with Crippen molar-refractivity contribution >= 4 is 16.8 Å². The Morgan fingerprint density at radius 1 is 1.37 bits per heavy atom. The van der Waals surface area contributed by atoms with Crippen molar-refractivity contribution in [2.45, 2.75) is 19.9 Å². The first-order valence-corrected chi connectivity index (χ1v) is 6.35. The predicted molar refractivity (Wildman–Crippen MR) is 73.9 cm³/mol. The third-order valence-corrected chi connectivity index (χ3v) is 3.12. The van der Waals surface area contributed by atoms with Gasteiger partial charge in [0.15, 0.2) is 11.5 Å². The molecule has 1 aromatic carbocycles. The van der Waals surface area contributed by atoms with Crippen molar-refractivity contribution in [2.75, 3.05) is 5.32 Å². The number of imidazole rings is 1. The molecule has 98 valence electrons. The fourth-order valence-electron chi connectivity index (χ4n) is 1.98. The Labute approximate surface area is 111 Å². The fraction of sp³-hybridized carbons (Fsp3) is 0.286. The maximum atomic E-state index is 5.59. The average molecular weight is 256 g/mol. The quantitative estimate of drug-likeness (QED) is 0.779. The largest absolute Gasteiger partial charge is 0.441 e. The minimum absolute atomic E-state index is 0.737. The van der Waals surface area contributed by atoms with E-state index in [1.165, 1.54) is 0 Å². The number of benzene rings is 1. The molecule has 0 amide bonds. The van der Waals surface area contributed by atoms with Gasteiger partial charge in [-0.1, -0.05) is 6.92 Å². The standard InChI is InChI=1S/C14H16N4O/c1-3-14-17-12-6-10(4-5-13(12)19-14)16-8-11-7-15-9-18(11)2/h4-7,9,16H,3,8H2,1-2H3. The third kappa shape index (κ3) is 2.31. The maximum Gasteiger partial charge on any atom is 0.195 e. The normalized spacial score (nSPS) is 11.1. The van der Waals surface area contributed by atoms with Crippen LogP contribution in [0.4, 0.5) is 5.69 Å². The van der Waals surface area contributed by atoms with Gasteiger partial charge in [0.25, 0.3) is 0 Å². The summed E-state index contributed by atoms with van der Waals surface area (Å²) < 4.78 is 7.59. The highest BCUT2D eigenvalue weighted by molar-refractivity contribution is 5.77. The molecular weight excluding hydrogens is 240 g/mol. The van der Waals surface area contributed by atoms with Gasteiger partial charge in [-0.2, -0.15) is 0 Å². The van der Waals surface area contributed by atoms with Crippen molar-refractivity contribution in [3.8, 4) is 0 Å². The Kier molecular flexibility index (Phi) is 2.95. The molecule has 0 bridgehead atoms. The van der Waals surface area contributed by atoms with Gasteiger partial charge in [-0.05, 0) is 18.2 Å². The Hall–Kier alpha value is -2.30. The first kappa shape index (κ1) is 11.8. The molecule has 2 heterocycles. The van der Waals surface area contributed by atoms with E-state index in [1.807, 2.05) is 42.9 Å². The lowest BCUT2D eigenvalue weighted by Gasteiger charge is -2.06. The lowest BCUT2D eigenvalue weighted by Crippen LogP contribution is -2.03. The van der Waals surface area contributed by atoms with Crippen molar-refractivity contribution in [3.05, 3.63) is 42.3 Å². The van der Waals surface area contributed by atoms with Gasteiger partial charge < -0.3 is 14.3 Å². The summed E-state index contributed by atoms with van der Waals surface area (Å²) in [7, 11) is 1.98. The van der Waals surface area contributed by atoms with Gasteiger partial charge in [-0.25, -0.2) is 9.97 Å². The van der Waals surface area contributed by atoms with E-state index >= 15 is 0 Å². The van der Waals surface area contributed by atoms with Crippen LogP contribution in [0, 0.1) is 0 Å². The van der Waals surface area contributed by atoms with Crippen LogP contribution >= 0.6 is 0 Å². The van der Waals surface area contributed by atoms with Crippen LogP contribution < -0.4 is 5.32 Å². The molecule has 0 unspecified atom stereocenters. The molecule has 0 aliphatic carbocycles. The molecule has 0 radical (unpaired) electrons. The molecule has 2 aromatic heterocycles. The van der Waals surface area contributed by atoms with Gasteiger partial charge in [-0.3, -0.25) is 0 Å². The van der Waals surface area contributed by atoms with Gasteiger partial charge in [0.1, 0.15) is 5.52 Å². The number of hydrogen-bond acceptors (Lipinski definition) is 4. The summed E-state index contributed by atoms with van der Waals surface area (Å²) >= 11 is 0. The smallest absolute Gasteiger partial charge is 0.195 e. The molecule has 5 heteroatoms. The SMILES string of the molecule is CCc1nc2cc(NCc3cncn3C)ccc2o1. The Morgan fingerprint density at radius 3 is 3.00 bits per heavy atom. The van der Waals surface area contributed by atoms with E-state index in [9.17, 15) is 0 Å². The number of nitrogens with zero attached hydrogens (tertiary/aromatic N) is 3. The lowest BCUT2D eigenvalue weighted by molar-refractivity contribution is 0.538. The Balaban J connectivity index is 1.79. The van der Waals surface area contributed by atoms with Crippen LogP contribution in [-0.2, 0) is 20.0 Å². The number of aromatic nitrogens is 3. The molecule has 0 saturated carbocycles. The minimum Gasteiger partial charge on any atom is -0.441 e. The van der Waals surface area contributed by atoms with Gasteiger partial charge in [0, 0.05) is 25.4 Å². The van der Waals surface area contributed by atoms with Crippen molar-refractivity contribution < 1.29 is 4.42 Å². The van der Waals surface area contributed by atoms with E-state index in [0.29, 0.717) is 0 Å². The summed E-state index contributed by atoms with van der Waals surface area (Å²) in [4.78, 5) is 8.52. The predicted octanol–water partition coefficient (Wildman–Crippen LogP) is 2.74. The van der Waals surface area contributed by atoms with Crippen molar-refractivity contribution in [1.29, 1.82) is 0 Å². The first-order valence-electron chi connectivity index (χ1n) is 6.35. The van der Waals surface area contributed by atoms with Crippen LogP contribution in [-0.4, -0.2) is 14.5 Å². The van der Waals surface area contributed by atoms with Crippen LogP contribution in [0.1, 0.15) is 18.5 Å². The summed E-state index contributed by atoms with van der Waals surface area (Å²) in [6, 6.07) is 5.96. The molecule has 1 N–H and O–H groups in total. The van der Waals surface area contributed by atoms with Crippen molar-refractivity contribution in [3.63, 3.8) is 0 Å². The summed E-state index contributed by atoms with van der Waals surface area (Å²) in [5.41, 5.74) is 3.90. The lowest BCUT2D eigenvalue weighted by atomic mass is 10.3. The second-order valence-corrected chi connectivity index (χ2v) is 4.49. The van der Waals surface area contributed by atoms with Crippen LogP contribution in [0.15, 0.2) is 35.1 Å². The maximum absolute atomic E-state index is 5.59. The average Bonchev–Trinajstić information content (AvgIpc) is 3.01. The van der Waals surface area contributed by atoms with Crippen LogP contribution in [0.3, 0.4) is 0 Å². The number of rotatable bonds is 4.